The van der Waals surface area contributed by atoms with E-state index < -0.39 is 0 Å². The van der Waals surface area contributed by atoms with Crippen molar-refractivity contribution in [2.24, 2.45) is 5.92 Å². The molecule has 122 valence electrons. The Morgan fingerprint density at radius 2 is 1.86 bits per heavy atom. The Morgan fingerprint density at radius 3 is 2.41 bits per heavy atom. The van der Waals surface area contributed by atoms with Crippen LogP contribution in [0.3, 0.4) is 0 Å². The third-order valence-corrected chi connectivity index (χ3v) is 3.19. The van der Waals surface area contributed by atoms with Crippen molar-refractivity contribution in [2.75, 3.05) is 19.6 Å². The van der Waals surface area contributed by atoms with Crippen molar-refractivity contribution >= 4 is 11.8 Å². The third kappa shape index (κ3) is 5.47. The van der Waals surface area contributed by atoms with Crippen molar-refractivity contribution in [3.63, 3.8) is 0 Å². The van der Waals surface area contributed by atoms with Crippen LogP contribution >= 0.6 is 0 Å². The predicted octanol–water partition coefficient (Wildman–Crippen LogP) is 2.73. The molecule has 0 spiro atoms. The second kappa shape index (κ2) is 9.18. The van der Waals surface area contributed by atoms with Gasteiger partial charge in [0.1, 0.15) is 5.69 Å². The van der Waals surface area contributed by atoms with Crippen molar-refractivity contribution in [1.82, 2.24) is 15.2 Å². The Kier molecular flexibility index (Phi) is 7.57. The molecule has 22 heavy (non-hydrogen) atoms. The number of pyridine rings is 1. The molecular formula is C17H27N3O2. The smallest absolute Gasteiger partial charge is 0.272 e. The van der Waals surface area contributed by atoms with Gasteiger partial charge in [0.05, 0.1) is 0 Å². The normalized spacial score (nSPS) is 10.6. The first-order chi connectivity index (χ1) is 10.5. The highest BCUT2D eigenvalue weighted by atomic mass is 16.2. The van der Waals surface area contributed by atoms with Gasteiger partial charge in [-0.3, -0.25) is 14.6 Å². The van der Waals surface area contributed by atoms with E-state index in [9.17, 15) is 9.59 Å². The van der Waals surface area contributed by atoms with Crippen LogP contribution in [0, 0.1) is 5.92 Å². The monoisotopic (exact) mass is 305 g/mol. The summed E-state index contributed by atoms with van der Waals surface area (Å²) in [7, 11) is 0. The molecule has 0 fully saturated rings. The van der Waals surface area contributed by atoms with E-state index in [-0.39, 0.29) is 11.8 Å². The zero-order valence-electron chi connectivity index (χ0n) is 14.1. The van der Waals surface area contributed by atoms with E-state index in [1.807, 2.05) is 27.7 Å². The van der Waals surface area contributed by atoms with Gasteiger partial charge in [-0.25, -0.2) is 0 Å². The molecule has 1 aromatic rings. The Labute approximate surface area is 133 Å². The van der Waals surface area contributed by atoms with Crippen LogP contribution in [0.25, 0.3) is 0 Å². The molecule has 0 aliphatic rings. The largest absolute Gasteiger partial charge is 0.352 e. The molecule has 0 aliphatic carbocycles. The standard InChI is InChI=1S/C17H27N3O2/c1-5-9-20(10-6-2)17(22)15-11-14(7-8-18-15)16(21)19-12-13(3)4/h7-8,11,13H,5-6,9-10,12H2,1-4H3,(H,19,21). The fourth-order valence-electron chi connectivity index (χ4n) is 2.10. The second-order valence-corrected chi connectivity index (χ2v) is 5.83. The summed E-state index contributed by atoms with van der Waals surface area (Å²) in [6.45, 7) is 10.2. The number of amides is 2. The SMILES string of the molecule is CCCN(CCC)C(=O)c1cc(C(=O)NCC(C)C)ccn1. The Morgan fingerprint density at radius 1 is 1.23 bits per heavy atom. The van der Waals surface area contributed by atoms with E-state index >= 15 is 0 Å². The second-order valence-electron chi connectivity index (χ2n) is 5.83. The van der Waals surface area contributed by atoms with Crippen LogP contribution in [-0.4, -0.2) is 41.3 Å². The molecule has 0 bridgehead atoms. The van der Waals surface area contributed by atoms with Crippen LogP contribution in [0.2, 0.25) is 0 Å². The fourth-order valence-corrected chi connectivity index (χ4v) is 2.10. The van der Waals surface area contributed by atoms with Gasteiger partial charge >= 0.3 is 0 Å². The van der Waals surface area contributed by atoms with Gasteiger partial charge in [0, 0.05) is 31.4 Å². The van der Waals surface area contributed by atoms with Crippen molar-refractivity contribution in [3.05, 3.63) is 29.6 Å². The molecule has 1 aromatic heterocycles. The van der Waals surface area contributed by atoms with Crippen molar-refractivity contribution < 1.29 is 9.59 Å². The minimum atomic E-state index is -0.164. The van der Waals surface area contributed by atoms with Gasteiger partial charge in [-0.2, -0.15) is 0 Å². The van der Waals surface area contributed by atoms with Crippen LogP contribution in [0.15, 0.2) is 18.3 Å². The number of hydrogen-bond acceptors (Lipinski definition) is 3. The van der Waals surface area contributed by atoms with Gasteiger partial charge < -0.3 is 10.2 Å². The van der Waals surface area contributed by atoms with Gasteiger partial charge in [-0.1, -0.05) is 27.7 Å². The van der Waals surface area contributed by atoms with Crippen LogP contribution in [0.5, 0.6) is 0 Å². The molecule has 0 aliphatic heterocycles. The maximum atomic E-state index is 12.5. The van der Waals surface area contributed by atoms with Crippen molar-refractivity contribution in [2.45, 2.75) is 40.5 Å². The molecule has 1 rings (SSSR count). The highest BCUT2D eigenvalue weighted by molar-refractivity contribution is 5.98. The number of carbonyl (C=O) groups excluding carboxylic acids is 2. The summed E-state index contributed by atoms with van der Waals surface area (Å²) in [5.41, 5.74) is 0.811. The number of nitrogens with zero attached hydrogens (tertiary/aromatic N) is 2. The van der Waals surface area contributed by atoms with Gasteiger partial charge in [0.25, 0.3) is 11.8 Å². The first-order valence-corrected chi connectivity index (χ1v) is 8.03. The number of nitrogens with one attached hydrogen (secondary N) is 1. The summed E-state index contributed by atoms with van der Waals surface area (Å²) in [5.74, 6) is 0.112. The molecule has 5 heteroatoms. The van der Waals surface area contributed by atoms with Crippen LogP contribution < -0.4 is 5.32 Å². The molecule has 0 saturated carbocycles. The molecule has 2 amide bonds. The van der Waals surface area contributed by atoms with Crippen molar-refractivity contribution in [3.8, 4) is 0 Å². The Bertz CT molecular complexity index is 494. The van der Waals surface area contributed by atoms with Crippen LogP contribution in [0.1, 0.15) is 61.4 Å². The molecule has 0 saturated heterocycles. The molecule has 1 heterocycles. The number of aromatic nitrogens is 1. The molecule has 0 atom stereocenters. The van der Waals surface area contributed by atoms with Gasteiger partial charge in [0.15, 0.2) is 0 Å². The van der Waals surface area contributed by atoms with E-state index in [0.29, 0.717) is 36.8 Å². The summed E-state index contributed by atoms with van der Waals surface area (Å²) in [6.07, 6.45) is 3.33. The maximum Gasteiger partial charge on any atom is 0.272 e. The summed E-state index contributed by atoms with van der Waals surface area (Å²) in [4.78, 5) is 30.5. The average Bonchev–Trinajstić information content (AvgIpc) is 2.51. The van der Waals surface area contributed by atoms with E-state index in [0.717, 1.165) is 12.8 Å². The van der Waals surface area contributed by atoms with E-state index in [1.165, 1.54) is 6.20 Å². The molecule has 5 nitrogen and oxygen atoms in total. The number of rotatable bonds is 8. The van der Waals surface area contributed by atoms with E-state index in [4.69, 9.17) is 0 Å². The minimum Gasteiger partial charge on any atom is -0.352 e. The molecule has 0 radical (unpaired) electrons. The lowest BCUT2D eigenvalue weighted by molar-refractivity contribution is 0.0749. The first kappa shape index (κ1) is 18.1. The molecular weight excluding hydrogens is 278 g/mol. The summed E-state index contributed by atoms with van der Waals surface area (Å²) >= 11 is 0. The summed E-state index contributed by atoms with van der Waals surface area (Å²) < 4.78 is 0. The number of hydrogen-bond donors (Lipinski definition) is 1. The lowest BCUT2D eigenvalue weighted by Gasteiger charge is -2.21. The maximum absolute atomic E-state index is 12.5. The zero-order valence-corrected chi connectivity index (χ0v) is 14.1. The van der Waals surface area contributed by atoms with Crippen molar-refractivity contribution in [1.29, 1.82) is 0 Å². The minimum absolute atomic E-state index is 0.109. The molecule has 1 N–H and O–H groups in total. The Balaban J connectivity index is 2.85. The average molecular weight is 305 g/mol. The highest BCUT2D eigenvalue weighted by Crippen LogP contribution is 2.07. The van der Waals surface area contributed by atoms with Gasteiger partial charge in [0.2, 0.25) is 0 Å². The lowest BCUT2D eigenvalue weighted by Crippen LogP contribution is -2.33. The fraction of sp³-hybridized carbons (Fsp3) is 0.588. The summed E-state index contributed by atoms with van der Waals surface area (Å²) in [5, 5.41) is 2.85. The number of carbonyl (C=O) groups is 2. The first-order valence-electron chi connectivity index (χ1n) is 8.03. The van der Waals surface area contributed by atoms with Gasteiger partial charge in [-0.05, 0) is 30.9 Å². The quantitative estimate of drug-likeness (QED) is 0.803. The van der Waals surface area contributed by atoms with E-state index in [1.54, 1.807) is 17.0 Å². The van der Waals surface area contributed by atoms with Crippen LogP contribution in [0.4, 0.5) is 0 Å². The lowest BCUT2D eigenvalue weighted by atomic mass is 10.1. The zero-order chi connectivity index (χ0) is 16.5. The summed E-state index contributed by atoms with van der Waals surface area (Å²) in [6, 6.07) is 3.22. The third-order valence-electron chi connectivity index (χ3n) is 3.19. The van der Waals surface area contributed by atoms with E-state index in [2.05, 4.69) is 10.3 Å². The Hall–Kier alpha value is -1.91. The topological polar surface area (TPSA) is 62.3 Å². The van der Waals surface area contributed by atoms with Crippen LogP contribution in [-0.2, 0) is 0 Å². The molecule has 0 aromatic carbocycles. The molecule has 0 unspecified atom stereocenters. The van der Waals surface area contributed by atoms with Gasteiger partial charge in [-0.15, -0.1) is 0 Å². The predicted molar refractivity (Wildman–Crippen MR) is 87.9 cm³/mol. The highest BCUT2D eigenvalue weighted by Gasteiger charge is 2.17.